The average Bonchev–Trinajstić information content (AvgIpc) is 2.34. The SMILES string of the molecule is Cc1cccc(N)c1NC(=O)c1ccccc1F. The number of carbonyl (C=O) groups is 1. The van der Waals surface area contributed by atoms with Gasteiger partial charge in [-0.05, 0) is 30.7 Å². The van der Waals surface area contributed by atoms with Crippen LogP contribution in [-0.2, 0) is 0 Å². The van der Waals surface area contributed by atoms with Crippen molar-refractivity contribution >= 4 is 17.3 Å². The smallest absolute Gasteiger partial charge is 0.258 e. The van der Waals surface area contributed by atoms with Crippen LogP contribution in [0.2, 0.25) is 0 Å². The van der Waals surface area contributed by atoms with Gasteiger partial charge in [0.1, 0.15) is 5.82 Å². The average molecular weight is 244 g/mol. The predicted molar refractivity (Wildman–Crippen MR) is 69.9 cm³/mol. The first-order valence-corrected chi connectivity index (χ1v) is 5.50. The van der Waals surface area contributed by atoms with Crippen molar-refractivity contribution in [2.75, 3.05) is 11.1 Å². The van der Waals surface area contributed by atoms with Crippen molar-refractivity contribution < 1.29 is 9.18 Å². The maximum atomic E-state index is 13.5. The lowest BCUT2D eigenvalue weighted by atomic mass is 10.1. The Hall–Kier alpha value is -2.36. The number of aryl methyl sites for hydroxylation is 1. The second-order valence-corrected chi connectivity index (χ2v) is 3.97. The number of hydrogen-bond donors (Lipinski definition) is 2. The molecule has 0 aromatic heterocycles. The summed E-state index contributed by atoms with van der Waals surface area (Å²) in [6.07, 6.45) is 0. The number of anilines is 2. The first kappa shape index (κ1) is 12.1. The summed E-state index contributed by atoms with van der Waals surface area (Å²) in [5.41, 5.74) is 7.59. The first-order valence-electron chi connectivity index (χ1n) is 5.50. The van der Waals surface area contributed by atoms with Gasteiger partial charge in [-0.1, -0.05) is 24.3 Å². The molecular formula is C14H13FN2O. The minimum atomic E-state index is -0.554. The molecule has 0 spiro atoms. The van der Waals surface area contributed by atoms with Gasteiger partial charge in [0.15, 0.2) is 0 Å². The Bertz CT molecular complexity index is 576. The van der Waals surface area contributed by atoms with Gasteiger partial charge in [-0.2, -0.15) is 0 Å². The van der Waals surface area contributed by atoms with Gasteiger partial charge in [-0.15, -0.1) is 0 Å². The Morgan fingerprint density at radius 1 is 1.17 bits per heavy atom. The highest BCUT2D eigenvalue weighted by molar-refractivity contribution is 6.06. The van der Waals surface area contributed by atoms with Gasteiger partial charge in [-0.3, -0.25) is 4.79 Å². The Morgan fingerprint density at radius 2 is 1.89 bits per heavy atom. The third kappa shape index (κ3) is 2.32. The van der Waals surface area contributed by atoms with Crippen LogP contribution in [0.3, 0.4) is 0 Å². The van der Waals surface area contributed by atoms with E-state index < -0.39 is 11.7 Å². The van der Waals surface area contributed by atoms with Gasteiger partial charge in [0.2, 0.25) is 0 Å². The van der Waals surface area contributed by atoms with Crippen LogP contribution in [-0.4, -0.2) is 5.91 Å². The number of amides is 1. The number of benzene rings is 2. The molecule has 0 heterocycles. The number of halogens is 1. The van der Waals surface area contributed by atoms with Crippen molar-refractivity contribution in [1.82, 2.24) is 0 Å². The van der Waals surface area contributed by atoms with Crippen molar-refractivity contribution in [1.29, 1.82) is 0 Å². The summed E-state index contributed by atoms with van der Waals surface area (Å²) in [5.74, 6) is -1.06. The fourth-order valence-electron chi connectivity index (χ4n) is 1.69. The molecule has 92 valence electrons. The van der Waals surface area contributed by atoms with Crippen LogP contribution in [0.1, 0.15) is 15.9 Å². The van der Waals surface area contributed by atoms with E-state index in [-0.39, 0.29) is 5.56 Å². The summed E-state index contributed by atoms with van der Waals surface area (Å²) in [4.78, 5) is 11.9. The largest absolute Gasteiger partial charge is 0.397 e. The summed E-state index contributed by atoms with van der Waals surface area (Å²) in [6, 6.07) is 11.1. The van der Waals surface area contributed by atoms with E-state index in [0.29, 0.717) is 11.4 Å². The normalized spacial score (nSPS) is 10.1. The summed E-state index contributed by atoms with van der Waals surface area (Å²) in [5, 5.41) is 2.63. The molecule has 0 aliphatic carbocycles. The van der Waals surface area contributed by atoms with Crippen molar-refractivity contribution in [3.8, 4) is 0 Å². The Kier molecular flexibility index (Phi) is 3.28. The van der Waals surface area contributed by atoms with Crippen molar-refractivity contribution in [2.45, 2.75) is 6.92 Å². The quantitative estimate of drug-likeness (QED) is 0.798. The molecule has 2 rings (SSSR count). The molecule has 3 N–H and O–H groups in total. The Morgan fingerprint density at radius 3 is 2.56 bits per heavy atom. The van der Waals surface area contributed by atoms with Crippen LogP contribution >= 0.6 is 0 Å². The van der Waals surface area contributed by atoms with Gasteiger partial charge in [-0.25, -0.2) is 4.39 Å². The molecule has 2 aromatic rings. The van der Waals surface area contributed by atoms with Crippen LogP contribution in [0, 0.1) is 12.7 Å². The highest BCUT2D eigenvalue weighted by atomic mass is 19.1. The number of para-hydroxylation sites is 1. The van der Waals surface area contributed by atoms with Gasteiger partial charge in [0, 0.05) is 0 Å². The minimum Gasteiger partial charge on any atom is -0.397 e. The number of hydrogen-bond acceptors (Lipinski definition) is 2. The standard InChI is InChI=1S/C14H13FN2O/c1-9-5-4-8-12(16)13(9)17-14(18)10-6-2-3-7-11(10)15/h2-8H,16H2,1H3,(H,17,18). The molecule has 0 fully saturated rings. The zero-order chi connectivity index (χ0) is 13.1. The second-order valence-electron chi connectivity index (χ2n) is 3.97. The van der Waals surface area contributed by atoms with Crippen LogP contribution in [0.25, 0.3) is 0 Å². The summed E-state index contributed by atoms with van der Waals surface area (Å²) < 4.78 is 13.5. The van der Waals surface area contributed by atoms with E-state index in [1.807, 2.05) is 13.0 Å². The van der Waals surface area contributed by atoms with Gasteiger partial charge >= 0.3 is 0 Å². The highest BCUT2D eigenvalue weighted by Gasteiger charge is 2.13. The number of nitrogen functional groups attached to an aromatic ring is 1. The Balaban J connectivity index is 2.30. The molecule has 0 unspecified atom stereocenters. The second kappa shape index (κ2) is 4.87. The van der Waals surface area contributed by atoms with E-state index in [9.17, 15) is 9.18 Å². The summed E-state index contributed by atoms with van der Waals surface area (Å²) in [6.45, 7) is 1.83. The number of carbonyl (C=O) groups excluding carboxylic acids is 1. The van der Waals surface area contributed by atoms with Crippen LogP contribution in [0.4, 0.5) is 15.8 Å². The molecule has 2 aromatic carbocycles. The number of nitrogens with one attached hydrogen (secondary N) is 1. The van der Waals surface area contributed by atoms with E-state index in [1.54, 1.807) is 18.2 Å². The highest BCUT2D eigenvalue weighted by Crippen LogP contribution is 2.23. The molecule has 1 amide bonds. The van der Waals surface area contributed by atoms with E-state index >= 15 is 0 Å². The van der Waals surface area contributed by atoms with E-state index in [1.165, 1.54) is 18.2 Å². The molecule has 3 nitrogen and oxygen atoms in total. The topological polar surface area (TPSA) is 55.1 Å². The monoisotopic (exact) mass is 244 g/mol. The maximum Gasteiger partial charge on any atom is 0.258 e. The fraction of sp³-hybridized carbons (Fsp3) is 0.0714. The molecule has 0 aliphatic rings. The van der Waals surface area contributed by atoms with Gasteiger partial charge in [0.25, 0.3) is 5.91 Å². The van der Waals surface area contributed by atoms with Gasteiger partial charge < -0.3 is 11.1 Å². The van der Waals surface area contributed by atoms with E-state index in [2.05, 4.69) is 5.32 Å². The van der Waals surface area contributed by atoms with Crippen LogP contribution in [0.5, 0.6) is 0 Å². The lowest BCUT2D eigenvalue weighted by Crippen LogP contribution is -2.15. The summed E-state index contributed by atoms with van der Waals surface area (Å²) in [7, 11) is 0. The number of rotatable bonds is 2. The van der Waals surface area contributed by atoms with Crippen molar-refractivity contribution in [2.24, 2.45) is 0 Å². The zero-order valence-corrected chi connectivity index (χ0v) is 9.91. The first-order chi connectivity index (χ1) is 8.59. The zero-order valence-electron chi connectivity index (χ0n) is 9.91. The molecule has 0 aliphatic heterocycles. The molecule has 0 saturated carbocycles. The molecular weight excluding hydrogens is 231 g/mol. The molecule has 0 radical (unpaired) electrons. The van der Waals surface area contributed by atoms with Crippen molar-refractivity contribution in [3.05, 3.63) is 59.4 Å². The third-order valence-electron chi connectivity index (χ3n) is 2.66. The predicted octanol–water partition coefficient (Wildman–Crippen LogP) is 2.97. The lowest BCUT2D eigenvalue weighted by Gasteiger charge is -2.11. The molecule has 0 bridgehead atoms. The minimum absolute atomic E-state index is 0.000142. The van der Waals surface area contributed by atoms with Crippen LogP contribution < -0.4 is 11.1 Å². The maximum absolute atomic E-state index is 13.5. The molecule has 0 atom stereocenters. The fourth-order valence-corrected chi connectivity index (χ4v) is 1.69. The molecule has 4 heteroatoms. The van der Waals surface area contributed by atoms with Crippen molar-refractivity contribution in [3.63, 3.8) is 0 Å². The summed E-state index contributed by atoms with van der Waals surface area (Å²) >= 11 is 0. The van der Waals surface area contributed by atoms with Gasteiger partial charge in [0.05, 0.1) is 16.9 Å². The van der Waals surface area contributed by atoms with E-state index in [0.717, 1.165) is 5.56 Å². The lowest BCUT2D eigenvalue weighted by molar-refractivity contribution is 0.102. The molecule has 18 heavy (non-hydrogen) atoms. The van der Waals surface area contributed by atoms with E-state index in [4.69, 9.17) is 5.73 Å². The molecule has 0 saturated heterocycles. The Labute approximate surface area is 104 Å². The number of nitrogens with two attached hydrogens (primary N) is 1. The third-order valence-corrected chi connectivity index (χ3v) is 2.66. The van der Waals surface area contributed by atoms with Crippen LogP contribution in [0.15, 0.2) is 42.5 Å².